The van der Waals surface area contributed by atoms with Crippen molar-refractivity contribution in [2.24, 2.45) is 7.05 Å². The van der Waals surface area contributed by atoms with E-state index in [0.29, 0.717) is 0 Å². The largest absolute Gasteiger partial charge is 0.395 e. The van der Waals surface area contributed by atoms with Crippen LogP contribution < -0.4 is 5.73 Å². The van der Waals surface area contributed by atoms with Crippen molar-refractivity contribution in [3.63, 3.8) is 0 Å². The lowest BCUT2D eigenvalue weighted by atomic mass is 10.2. The van der Waals surface area contributed by atoms with Gasteiger partial charge < -0.3 is 5.73 Å². The molecule has 0 radical (unpaired) electrons. The Morgan fingerprint density at radius 2 is 2.00 bits per heavy atom. The molecule has 0 unspecified atom stereocenters. The summed E-state index contributed by atoms with van der Waals surface area (Å²) in [7, 11) is 1.95. The van der Waals surface area contributed by atoms with Crippen molar-refractivity contribution in [2.75, 3.05) is 5.73 Å². The van der Waals surface area contributed by atoms with Gasteiger partial charge in [0.1, 0.15) is 5.03 Å². The van der Waals surface area contributed by atoms with Gasteiger partial charge in [-0.2, -0.15) is 5.10 Å². The minimum atomic E-state index is 0.830. The highest BCUT2D eigenvalue weighted by Gasteiger charge is 2.12. The molecule has 90 valence electrons. The molecule has 1 aromatic carbocycles. The third-order valence-electron chi connectivity index (χ3n) is 2.66. The minimum Gasteiger partial charge on any atom is -0.395 e. The molecule has 0 fully saturated rings. The first-order valence-electron chi connectivity index (χ1n) is 5.70. The van der Waals surface area contributed by atoms with E-state index in [9.17, 15) is 0 Å². The molecule has 0 saturated heterocycles. The quantitative estimate of drug-likeness (QED) is 0.845. The van der Waals surface area contributed by atoms with E-state index in [1.54, 1.807) is 11.8 Å². The summed E-state index contributed by atoms with van der Waals surface area (Å²) in [6.45, 7) is 2.07. The standard InChI is InChI=1S/C13H17N3S/c1-3-11-12(14)13(16(2)15-11)17-9-10-7-5-4-6-8-10/h4-8H,3,9,14H2,1-2H3. The summed E-state index contributed by atoms with van der Waals surface area (Å²) < 4.78 is 1.88. The van der Waals surface area contributed by atoms with Crippen LogP contribution in [0.3, 0.4) is 0 Å². The van der Waals surface area contributed by atoms with E-state index < -0.39 is 0 Å². The van der Waals surface area contributed by atoms with Crippen LogP contribution in [-0.2, 0) is 19.2 Å². The van der Waals surface area contributed by atoms with Gasteiger partial charge in [0.15, 0.2) is 0 Å². The second kappa shape index (κ2) is 5.27. The van der Waals surface area contributed by atoms with Gasteiger partial charge in [-0.1, -0.05) is 49.0 Å². The summed E-state index contributed by atoms with van der Waals surface area (Å²) in [5, 5.41) is 5.47. The van der Waals surface area contributed by atoms with Crippen LogP contribution in [0, 0.1) is 0 Å². The molecule has 0 atom stereocenters. The van der Waals surface area contributed by atoms with Crippen LogP contribution in [0.5, 0.6) is 0 Å². The van der Waals surface area contributed by atoms with Gasteiger partial charge in [-0.05, 0) is 12.0 Å². The third kappa shape index (κ3) is 2.64. The molecule has 1 heterocycles. The summed E-state index contributed by atoms with van der Waals surface area (Å²) in [6.07, 6.45) is 0.881. The van der Waals surface area contributed by atoms with Crippen LogP contribution in [0.15, 0.2) is 35.4 Å². The van der Waals surface area contributed by atoms with Crippen molar-refractivity contribution < 1.29 is 0 Å². The molecule has 0 spiro atoms. The Morgan fingerprint density at radius 3 is 2.59 bits per heavy atom. The Kier molecular flexibility index (Phi) is 3.74. The van der Waals surface area contributed by atoms with Crippen molar-refractivity contribution in [1.29, 1.82) is 0 Å². The zero-order valence-electron chi connectivity index (χ0n) is 10.2. The summed E-state index contributed by atoms with van der Waals surface area (Å²) >= 11 is 1.74. The molecular formula is C13H17N3S. The van der Waals surface area contributed by atoms with Crippen LogP contribution in [0.4, 0.5) is 5.69 Å². The average Bonchev–Trinajstić information content (AvgIpc) is 2.63. The zero-order valence-corrected chi connectivity index (χ0v) is 11.0. The van der Waals surface area contributed by atoms with Crippen LogP contribution in [0.1, 0.15) is 18.2 Å². The zero-order chi connectivity index (χ0) is 12.3. The van der Waals surface area contributed by atoms with Crippen molar-refractivity contribution in [1.82, 2.24) is 9.78 Å². The Balaban J connectivity index is 2.12. The monoisotopic (exact) mass is 247 g/mol. The second-order valence-corrected chi connectivity index (χ2v) is 4.88. The molecule has 4 heteroatoms. The van der Waals surface area contributed by atoms with Crippen LogP contribution in [0.25, 0.3) is 0 Å². The normalized spacial score (nSPS) is 10.7. The number of aromatic nitrogens is 2. The predicted molar refractivity (Wildman–Crippen MR) is 73.0 cm³/mol. The number of nitrogen functional groups attached to an aromatic ring is 1. The maximum atomic E-state index is 6.07. The lowest BCUT2D eigenvalue weighted by Gasteiger charge is -2.03. The summed E-state index contributed by atoms with van der Waals surface area (Å²) in [4.78, 5) is 0. The molecule has 0 aliphatic heterocycles. The average molecular weight is 247 g/mol. The lowest BCUT2D eigenvalue weighted by Crippen LogP contribution is -1.94. The van der Waals surface area contributed by atoms with E-state index in [-0.39, 0.29) is 0 Å². The Morgan fingerprint density at radius 1 is 1.29 bits per heavy atom. The van der Waals surface area contributed by atoms with Gasteiger partial charge in [-0.25, -0.2) is 0 Å². The van der Waals surface area contributed by atoms with Crippen molar-refractivity contribution in [2.45, 2.75) is 24.1 Å². The topological polar surface area (TPSA) is 43.8 Å². The van der Waals surface area contributed by atoms with Gasteiger partial charge >= 0.3 is 0 Å². The Hall–Kier alpha value is -1.42. The van der Waals surface area contributed by atoms with Gasteiger partial charge in [0.05, 0.1) is 11.4 Å². The highest BCUT2D eigenvalue weighted by molar-refractivity contribution is 7.98. The molecule has 0 saturated carbocycles. The van der Waals surface area contributed by atoms with Gasteiger partial charge in [0, 0.05) is 12.8 Å². The van der Waals surface area contributed by atoms with E-state index in [2.05, 4.69) is 36.3 Å². The van der Waals surface area contributed by atoms with E-state index in [4.69, 9.17) is 5.73 Å². The number of thioether (sulfide) groups is 1. The first-order chi connectivity index (χ1) is 8.22. The number of hydrogen-bond donors (Lipinski definition) is 1. The molecule has 17 heavy (non-hydrogen) atoms. The van der Waals surface area contributed by atoms with Crippen LogP contribution in [0.2, 0.25) is 0 Å². The summed E-state index contributed by atoms with van der Waals surface area (Å²) in [6, 6.07) is 10.4. The number of rotatable bonds is 4. The third-order valence-corrected chi connectivity index (χ3v) is 3.89. The van der Waals surface area contributed by atoms with Gasteiger partial charge in [-0.15, -0.1) is 0 Å². The van der Waals surface area contributed by atoms with Crippen molar-refractivity contribution >= 4 is 17.4 Å². The number of hydrogen-bond acceptors (Lipinski definition) is 3. The SMILES string of the molecule is CCc1nn(C)c(SCc2ccccc2)c1N. The first kappa shape index (κ1) is 12.0. The van der Waals surface area contributed by atoms with Crippen molar-refractivity contribution in [3.05, 3.63) is 41.6 Å². The molecule has 3 nitrogen and oxygen atoms in total. The van der Waals surface area contributed by atoms with Crippen LogP contribution in [-0.4, -0.2) is 9.78 Å². The molecule has 0 bridgehead atoms. The highest BCUT2D eigenvalue weighted by atomic mass is 32.2. The first-order valence-corrected chi connectivity index (χ1v) is 6.69. The molecule has 2 N–H and O–H groups in total. The Labute approximate surface area is 106 Å². The molecule has 0 amide bonds. The smallest absolute Gasteiger partial charge is 0.117 e. The van der Waals surface area contributed by atoms with Gasteiger partial charge in [0.2, 0.25) is 0 Å². The summed E-state index contributed by atoms with van der Waals surface area (Å²) in [5.41, 5.74) is 9.20. The van der Waals surface area contributed by atoms with Crippen molar-refractivity contribution in [3.8, 4) is 0 Å². The molecule has 0 aliphatic carbocycles. The molecule has 2 aromatic rings. The second-order valence-electron chi connectivity index (χ2n) is 3.92. The fourth-order valence-electron chi connectivity index (χ4n) is 1.74. The summed E-state index contributed by atoms with van der Waals surface area (Å²) in [5.74, 6) is 0.924. The molecular weight excluding hydrogens is 230 g/mol. The number of aryl methyl sites for hydroxylation is 2. The maximum Gasteiger partial charge on any atom is 0.117 e. The molecule has 2 rings (SSSR count). The fourth-order valence-corrected chi connectivity index (χ4v) is 2.73. The lowest BCUT2D eigenvalue weighted by molar-refractivity contribution is 0.687. The number of nitrogens with zero attached hydrogens (tertiary/aromatic N) is 2. The van der Waals surface area contributed by atoms with Gasteiger partial charge in [0.25, 0.3) is 0 Å². The molecule has 0 aliphatic rings. The van der Waals surface area contributed by atoms with E-state index in [1.807, 2.05) is 17.8 Å². The maximum absolute atomic E-state index is 6.07. The Bertz CT molecular complexity index is 491. The van der Waals surface area contributed by atoms with E-state index in [1.165, 1.54) is 5.56 Å². The number of benzene rings is 1. The van der Waals surface area contributed by atoms with E-state index >= 15 is 0 Å². The van der Waals surface area contributed by atoms with E-state index in [0.717, 1.165) is 28.6 Å². The van der Waals surface area contributed by atoms with Crippen LogP contribution >= 0.6 is 11.8 Å². The minimum absolute atomic E-state index is 0.830. The van der Waals surface area contributed by atoms with Gasteiger partial charge in [-0.3, -0.25) is 4.68 Å². The highest BCUT2D eigenvalue weighted by Crippen LogP contribution is 2.30. The predicted octanol–water partition coefficient (Wildman–Crippen LogP) is 2.86. The molecule has 1 aromatic heterocycles. The number of anilines is 1. The number of nitrogens with two attached hydrogens (primary N) is 1. The fraction of sp³-hybridized carbons (Fsp3) is 0.308.